The smallest absolute Gasteiger partial charge is 0.119 e. The number of nitrogen functional groups attached to an aromatic ring is 4. The summed E-state index contributed by atoms with van der Waals surface area (Å²) in [5.41, 5.74) is 19.9. The van der Waals surface area contributed by atoms with Crippen molar-refractivity contribution in [3.63, 3.8) is 0 Å². The Morgan fingerprint density at radius 1 is 0.829 bits per heavy atom. The van der Waals surface area contributed by atoms with Crippen LogP contribution in [-0.4, -0.2) is 16.3 Å². The van der Waals surface area contributed by atoms with E-state index in [-0.39, 0.29) is 0 Å². The third-order valence-corrected chi connectivity index (χ3v) is 4.99. The number of carbonyl (C=O) groups excluding carboxylic acids is 1. The lowest BCUT2D eigenvalue weighted by molar-refractivity contribution is -0.107. The van der Waals surface area contributed by atoms with Crippen molar-refractivity contribution in [2.75, 3.05) is 22.3 Å². The molecule has 0 unspecified atom stereocenters. The van der Waals surface area contributed by atoms with Gasteiger partial charge in [-0.1, -0.05) is 62.5 Å². The van der Waals surface area contributed by atoms with Gasteiger partial charge in [0.15, 0.2) is 0 Å². The van der Waals surface area contributed by atoms with E-state index in [0.29, 0.717) is 50.2 Å². The summed E-state index contributed by atoms with van der Waals surface area (Å²) >= 11 is 12.1. The summed E-state index contributed by atoms with van der Waals surface area (Å²) in [5, 5.41) is 2.66. The minimum Gasteiger partial charge on any atom is -0.396 e. The van der Waals surface area contributed by atoms with Gasteiger partial charge < -0.3 is 27.1 Å². The molecule has 2 aromatic carbocycles. The molecule has 2 heterocycles. The number of carbonyl (C=O) groups is 1. The van der Waals surface area contributed by atoms with Crippen LogP contribution in [0.4, 0.5) is 22.7 Å². The van der Waals surface area contributed by atoms with Crippen LogP contribution in [0, 0.1) is 0 Å². The number of pyridine rings is 2. The summed E-state index contributed by atoms with van der Waals surface area (Å²) in [6.07, 6.45) is 6.10. The Hall–Kier alpha value is -3.37. The van der Waals surface area contributed by atoms with Gasteiger partial charge in [-0.05, 0) is 24.3 Å². The van der Waals surface area contributed by atoms with Gasteiger partial charge in [0, 0.05) is 29.6 Å². The van der Waals surface area contributed by atoms with Crippen LogP contribution in [0.5, 0.6) is 0 Å². The summed E-state index contributed by atoms with van der Waals surface area (Å²) in [7, 11) is 0. The summed E-state index contributed by atoms with van der Waals surface area (Å²) in [6, 6.07) is 11.1. The number of nitrogens with two attached hydrogens (primary N) is 4. The highest BCUT2D eigenvalue weighted by Gasteiger charge is 2.09. The van der Waals surface area contributed by atoms with Gasteiger partial charge in [0.05, 0.1) is 43.8 Å². The number of hydrazine groups is 2. The zero-order valence-electron chi connectivity index (χ0n) is 20.0. The molecule has 10 N–H and O–H groups in total. The topological polar surface area (TPSA) is 171 Å². The van der Waals surface area contributed by atoms with E-state index >= 15 is 0 Å². The molecule has 0 aliphatic heterocycles. The number of anilines is 4. The summed E-state index contributed by atoms with van der Waals surface area (Å²) in [6.45, 7) is 6.06. The maximum absolute atomic E-state index is 9.17. The number of halogens is 2. The largest absolute Gasteiger partial charge is 0.396 e. The first-order valence-electron chi connectivity index (χ1n) is 10.8. The Bertz CT molecular complexity index is 1150. The highest BCUT2D eigenvalue weighted by atomic mass is 35.5. The quantitative estimate of drug-likeness (QED) is 0.0882. The van der Waals surface area contributed by atoms with Crippen LogP contribution in [0.2, 0.25) is 10.0 Å². The summed E-state index contributed by atoms with van der Waals surface area (Å²) < 4.78 is 0. The predicted molar refractivity (Wildman–Crippen MR) is 150 cm³/mol. The van der Waals surface area contributed by atoms with E-state index in [2.05, 4.69) is 34.7 Å². The molecule has 2 aromatic heterocycles. The second kappa shape index (κ2) is 15.5. The summed E-state index contributed by atoms with van der Waals surface area (Å²) in [4.78, 5) is 17.4. The lowest BCUT2D eigenvalue weighted by atomic mass is 10.1. The fourth-order valence-electron chi connectivity index (χ4n) is 2.63. The molecule has 0 atom stereocenters. The van der Waals surface area contributed by atoms with Gasteiger partial charge in [-0.3, -0.25) is 21.7 Å². The molecule has 0 saturated heterocycles. The zero-order valence-corrected chi connectivity index (χ0v) is 21.5. The number of hydrogen-bond donors (Lipinski definition) is 6. The van der Waals surface area contributed by atoms with Crippen LogP contribution in [0.15, 0.2) is 48.8 Å². The Balaban J connectivity index is 0.000000278. The fourth-order valence-corrected chi connectivity index (χ4v) is 3.15. The minimum atomic E-state index is 0.417. The first-order valence-corrected chi connectivity index (χ1v) is 11.6. The number of benzene rings is 2. The lowest BCUT2D eigenvalue weighted by Crippen LogP contribution is -2.09. The van der Waals surface area contributed by atoms with Gasteiger partial charge >= 0.3 is 0 Å². The first-order chi connectivity index (χ1) is 16.8. The molecule has 11 heteroatoms. The molecule has 4 aromatic rings. The predicted octanol–water partition coefficient (Wildman–Crippen LogP) is 5.52. The molecule has 0 spiro atoms. The maximum Gasteiger partial charge on any atom is 0.119 e. The van der Waals surface area contributed by atoms with Crippen LogP contribution in [-0.2, 0) is 4.79 Å². The maximum atomic E-state index is 9.17. The van der Waals surface area contributed by atoms with E-state index in [1.165, 1.54) is 6.42 Å². The SMILES string of the molecule is CCC.CCC=O.NNc1cc2cccnc2c(Cl)c1N.NNc1cc2cccnc2c(Cl)c1N. The number of hydrogen-bond acceptors (Lipinski definition) is 9. The van der Waals surface area contributed by atoms with Gasteiger partial charge in [0.25, 0.3) is 0 Å². The molecule has 0 radical (unpaired) electrons. The standard InChI is InChI=1S/2C9H9ClN4.C3H6O.C3H8/c2*10-7-8(11)6(14-12)4-5-2-1-3-13-9(5)7;1-2-3-4;1-3-2/h2*1-4,14H,11-12H2;3H,2H2,1H3;3H2,1-2H3. The molecular formula is C24H32Cl2N8O. The van der Waals surface area contributed by atoms with Crippen molar-refractivity contribution in [1.29, 1.82) is 0 Å². The highest BCUT2D eigenvalue weighted by Crippen LogP contribution is 2.34. The first kappa shape index (κ1) is 29.7. The molecule has 0 bridgehead atoms. The number of aldehydes is 1. The van der Waals surface area contributed by atoms with Crippen LogP contribution in [0.1, 0.15) is 33.6 Å². The molecule has 188 valence electrons. The van der Waals surface area contributed by atoms with Crippen molar-refractivity contribution in [2.45, 2.75) is 33.6 Å². The molecule has 9 nitrogen and oxygen atoms in total. The second-order valence-corrected chi connectivity index (χ2v) is 7.78. The number of nitrogens with one attached hydrogen (secondary N) is 2. The van der Waals surface area contributed by atoms with Crippen molar-refractivity contribution in [2.24, 2.45) is 11.7 Å². The minimum absolute atomic E-state index is 0.417. The van der Waals surface area contributed by atoms with Crippen LogP contribution in [0.3, 0.4) is 0 Å². The van der Waals surface area contributed by atoms with E-state index in [9.17, 15) is 4.79 Å². The molecular weight excluding hydrogens is 487 g/mol. The molecule has 35 heavy (non-hydrogen) atoms. The number of rotatable bonds is 3. The van der Waals surface area contributed by atoms with Gasteiger partial charge in [0.1, 0.15) is 6.29 Å². The highest BCUT2D eigenvalue weighted by molar-refractivity contribution is 6.39. The number of nitrogens with zero attached hydrogens (tertiary/aromatic N) is 2. The van der Waals surface area contributed by atoms with E-state index < -0.39 is 0 Å². The Labute approximate surface area is 215 Å². The van der Waals surface area contributed by atoms with Gasteiger partial charge in [-0.15, -0.1) is 0 Å². The van der Waals surface area contributed by atoms with Crippen LogP contribution >= 0.6 is 23.2 Å². The average molecular weight is 519 g/mol. The van der Waals surface area contributed by atoms with Crippen molar-refractivity contribution < 1.29 is 4.79 Å². The van der Waals surface area contributed by atoms with Gasteiger partial charge in [-0.2, -0.15) is 0 Å². The lowest BCUT2D eigenvalue weighted by Gasteiger charge is -2.08. The van der Waals surface area contributed by atoms with E-state index in [0.717, 1.165) is 17.1 Å². The molecule has 0 saturated carbocycles. The normalized spacial score (nSPS) is 9.57. The van der Waals surface area contributed by atoms with Crippen molar-refractivity contribution in [3.05, 3.63) is 58.8 Å². The third kappa shape index (κ3) is 8.11. The molecule has 0 fully saturated rings. The van der Waals surface area contributed by atoms with E-state index in [1.54, 1.807) is 12.4 Å². The average Bonchev–Trinajstić information content (AvgIpc) is 2.89. The van der Waals surface area contributed by atoms with Crippen molar-refractivity contribution in [3.8, 4) is 0 Å². The molecule has 0 amide bonds. The number of fused-ring (bicyclic) bond motifs is 2. The van der Waals surface area contributed by atoms with Crippen molar-refractivity contribution >= 4 is 74.0 Å². The fraction of sp³-hybridized carbons (Fsp3) is 0.208. The van der Waals surface area contributed by atoms with Crippen LogP contribution in [0.25, 0.3) is 21.8 Å². The van der Waals surface area contributed by atoms with E-state index in [1.807, 2.05) is 43.3 Å². The summed E-state index contributed by atoms with van der Waals surface area (Å²) in [5.74, 6) is 10.6. The van der Waals surface area contributed by atoms with Gasteiger partial charge in [0.2, 0.25) is 0 Å². The Morgan fingerprint density at radius 3 is 1.46 bits per heavy atom. The Kier molecular flexibility index (Phi) is 13.1. The van der Waals surface area contributed by atoms with Crippen LogP contribution < -0.4 is 34.0 Å². The molecule has 0 aliphatic carbocycles. The van der Waals surface area contributed by atoms with E-state index in [4.69, 9.17) is 46.4 Å². The van der Waals surface area contributed by atoms with Gasteiger partial charge in [-0.25, -0.2) is 0 Å². The van der Waals surface area contributed by atoms with Crippen molar-refractivity contribution in [1.82, 2.24) is 9.97 Å². The Morgan fingerprint density at radius 2 is 1.17 bits per heavy atom. The third-order valence-electron chi connectivity index (χ3n) is 4.22. The molecule has 0 aliphatic rings. The number of aromatic nitrogens is 2. The second-order valence-electron chi connectivity index (χ2n) is 7.02. The molecule has 4 rings (SSSR count). The zero-order chi connectivity index (χ0) is 26.4. The monoisotopic (exact) mass is 518 g/mol.